The van der Waals surface area contributed by atoms with Gasteiger partial charge in [0, 0.05) is 6.54 Å². The zero-order valence-corrected chi connectivity index (χ0v) is 10.6. The van der Waals surface area contributed by atoms with Crippen LogP contribution in [0.15, 0.2) is 0 Å². The van der Waals surface area contributed by atoms with E-state index in [9.17, 15) is 0 Å². The highest BCUT2D eigenvalue weighted by Crippen LogP contribution is 2.39. The van der Waals surface area contributed by atoms with Crippen molar-refractivity contribution in [3.8, 4) is 5.75 Å². The number of nitrogens with zero attached hydrogens (tertiary/aromatic N) is 2. The third kappa shape index (κ3) is 1.94. The lowest BCUT2D eigenvalue weighted by Gasteiger charge is -2.37. The Hall–Kier alpha value is -1.01. The molecule has 1 aliphatic heterocycles. The lowest BCUT2D eigenvalue weighted by molar-refractivity contribution is 0.0345. The van der Waals surface area contributed by atoms with Gasteiger partial charge >= 0.3 is 0 Å². The van der Waals surface area contributed by atoms with Crippen molar-refractivity contribution in [1.29, 1.82) is 0 Å². The Morgan fingerprint density at radius 3 is 3.00 bits per heavy atom. The van der Waals surface area contributed by atoms with Gasteiger partial charge in [-0.25, -0.2) is 0 Å². The first-order valence-corrected chi connectivity index (χ1v) is 6.08. The van der Waals surface area contributed by atoms with E-state index in [-0.39, 0.29) is 6.10 Å². The molecule has 5 nitrogen and oxygen atoms in total. The van der Waals surface area contributed by atoms with Gasteiger partial charge in [0.2, 0.25) is 0 Å². The van der Waals surface area contributed by atoms with Crippen LogP contribution in [0.25, 0.3) is 0 Å². The van der Waals surface area contributed by atoms with Crippen molar-refractivity contribution in [2.45, 2.75) is 26.0 Å². The van der Waals surface area contributed by atoms with Crippen molar-refractivity contribution in [3.05, 3.63) is 0 Å². The van der Waals surface area contributed by atoms with Crippen LogP contribution >= 0.6 is 11.5 Å². The molecule has 1 fully saturated rings. The van der Waals surface area contributed by atoms with Crippen molar-refractivity contribution >= 4 is 22.4 Å². The first-order chi connectivity index (χ1) is 7.63. The van der Waals surface area contributed by atoms with Gasteiger partial charge < -0.3 is 20.1 Å². The zero-order valence-electron chi connectivity index (χ0n) is 9.77. The molecular formula is C10H17N3O2S. The molecule has 0 radical (unpaired) electrons. The van der Waals surface area contributed by atoms with Crippen LogP contribution in [-0.4, -0.2) is 36.8 Å². The molecule has 1 aromatic rings. The van der Waals surface area contributed by atoms with Crippen molar-refractivity contribution in [2.75, 3.05) is 30.9 Å². The van der Waals surface area contributed by atoms with Crippen LogP contribution in [0.1, 0.15) is 13.8 Å². The monoisotopic (exact) mass is 243 g/mol. The van der Waals surface area contributed by atoms with Crippen LogP contribution in [0.2, 0.25) is 0 Å². The van der Waals surface area contributed by atoms with E-state index in [0.717, 1.165) is 18.2 Å². The largest absolute Gasteiger partial charge is 0.490 e. The van der Waals surface area contributed by atoms with Crippen LogP contribution in [0.5, 0.6) is 5.75 Å². The molecule has 1 aliphatic rings. The van der Waals surface area contributed by atoms with Gasteiger partial charge in [0.25, 0.3) is 0 Å². The van der Waals surface area contributed by atoms with E-state index in [1.54, 1.807) is 7.11 Å². The third-order valence-electron chi connectivity index (χ3n) is 2.73. The Balaban J connectivity index is 2.27. The van der Waals surface area contributed by atoms with Crippen LogP contribution in [-0.2, 0) is 4.74 Å². The fourth-order valence-electron chi connectivity index (χ4n) is 1.85. The number of anilines is 2. The van der Waals surface area contributed by atoms with Crippen molar-refractivity contribution in [1.82, 2.24) is 4.37 Å². The van der Waals surface area contributed by atoms with Gasteiger partial charge in [-0.15, -0.1) is 0 Å². The summed E-state index contributed by atoms with van der Waals surface area (Å²) in [5.41, 5.74) is 5.76. The lowest BCUT2D eigenvalue weighted by Crippen LogP contribution is -2.47. The van der Waals surface area contributed by atoms with E-state index >= 15 is 0 Å². The molecular weight excluding hydrogens is 226 g/mol. The topological polar surface area (TPSA) is 60.6 Å². The molecule has 0 amide bonds. The van der Waals surface area contributed by atoms with Crippen molar-refractivity contribution < 1.29 is 9.47 Å². The Labute approximate surface area is 99.3 Å². The molecule has 16 heavy (non-hydrogen) atoms. The summed E-state index contributed by atoms with van der Waals surface area (Å²) in [4.78, 5) is 2.25. The van der Waals surface area contributed by atoms with Gasteiger partial charge in [0.05, 0.1) is 25.9 Å². The number of methoxy groups -OCH3 is 1. The Morgan fingerprint density at radius 1 is 1.56 bits per heavy atom. The molecule has 2 atom stereocenters. The summed E-state index contributed by atoms with van der Waals surface area (Å²) in [6.07, 6.45) is 0.226. The van der Waals surface area contributed by atoms with Gasteiger partial charge in [-0.1, -0.05) is 0 Å². The second kappa shape index (κ2) is 4.47. The minimum Gasteiger partial charge on any atom is -0.490 e. The molecule has 6 heteroatoms. The second-order valence-corrected chi connectivity index (χ2v) is 4.80. The Morgan fingerprint density at radius 2 is 2.31 bits per heavy atom. The number of hydrogen-bond donors (Lipinski definition) is 1. The number of morpholine rings is 1. The highest BCUT2D eigenvalue weighted by atomic mass is 32.1. The summed E-state index contributed by atoms with van der Waals surface area (Å²) in [5, 5.41) is 1.00. The number of hydrogen-bond acceptors (Lipinski definition) is 6. The van der Waals surface area contributed by atoms with E-state index in [2.05, 4.69) is 23.1 Å². The maximum Gasteiger partial charge on any atom is 0.197 e. The summed E-state index contributed by atoms with van der Waals surface area (Å²) >= 11 is 1.38. The van der Waals surface area contributed by atoms with E-state index in [1.807, 2.05) is 0 Å². The summed E-state index contributed by atoms with van der Waals surface area (Å²) in [7, 11) is 1.62. The van der Waals surface area contributed by atoms with Crippen LogP contribution in [0.4, 0.5) is 10.8 Å². The van der Waals surface area contributed by atoms with Crippen molar-refractivity contribution in [2.24, 2.45) is 0 Å². The van der Waals surface area contributed by atoms with Crippen LogP contribution in [0.3, 0.4) is 0 Å². The first kappa shape index (κ1) is 11.5. The van der Waals surface area contributed by atoms with Gasteiger partial charge in [0.1, 0.15) is 0 Å². The van der Waals surface area contributed by atoms with Gasteiger partial charge in [-0.05, 0) is 25.4 Å². The second-order valence-electron chi connectivity index (χ2n) is 4.05. The van der Waals surface area contributed by atoms with Crippen LogP contribution < -0.4 is 15.4 Å². The number of aromatic nitrogens is 1. The SMILES string of the molecule is COc1c(N)nsc1N1CC(C)OCC1C. The molecule has 2 rings (SSSR count). The lowest BCUT2D eigenvalue weighted by atomic mass is 10.2. The number of nitrogen functional groups attached to an aromatic ring is 1. The number of ether oxygens (including phenoxy) is 2. The zero-order chi connectivity index (χ0) is 11.7. The van der Waals surface area contributed by atoms with Gasteiger partial charge in [-0.3, -0.25) is 0 Å². The minimum absolute atomic E-state index is 0.226. The standard InChI is InChI=1S/C10H17N3O2S/c1-6-5-15-7(2)4-13(6)10-8(14-3)9(11)12-16-10/h6-7H,4-5H2,1-3H3,(H2,11,12). The van der Waals surface area contributed by atoms with Gasteiger partial charge in [0.15, 0.2) is 16.6 Å². The quantitative estimate of drug-likeness (QED) is 0.849. The fourth-order valence-corrected chi connectivity index (χ4v) is 2.74. The summed E-state index contributed by atoms with van der Waals surface area (Å²) in [6.45, 7) is 5.76. The molecule has 1 saturated heterocycles. The van der Waals surface area contributed by atoms with Crippen LogP contribution in [0, 0.1) is 0 Å². The molecule has 90 valence electrons. The number of rotatable bonds is 2. The highest BCUT2D eigenvalue weighted by Gasteiger charge is 2.28. The Bertz CT molecular complexity index is 369. The normalized spacial score (nSPS) is 25.8. The molecule has 0 bridgehead atoms. The predicted octanol–water partition coefficient (Wildman–Crippen LogP) is 1.35. The summed E-state index contributed by atoms with van der Waals surface area (Å²) in [5.74, 6) is 1.15. The van der Waals surface area contributed by atoms with Crippen molar-refractivity contribution in [3.63, 3.8) is 0 Å². The molecule has 2 heterocycles. The smallest absolute Gasteiger partial charge is 0.197 e. The molecule has 0 saturated carbocycles. The van der Waals surface area contributed by atoms with E-state index in [4.69, 9.17) is 15.2 Å². The maximum absolute atomic E-state index is 5.76. The maximum atomic E-state index is 5.76. The highest BCUT2D eigenvalue weighted by molar-refractivity contribution is 7.11. The summed E-state index contributed by atoms with van der Waals surface area (Å²) in [6, 6.07) is 0.324. The molecule has 2 unspecified atom stereocenters. The third-order valence-corrected chi connectivity index (χ3v) is 3.61. The van der Waals surface area contributed by atoms with E-state index in [1.165, 1.54) is 11.5 Å². The predicted molar refractivity (Wildman–Crippen MR) is 65.3 cm³/mol. The molecule has 1 aromatic heterocycles. The average Bonchev–Trinajstić information content (AvgIpc) is 2.63. The van der Waals surface area contributed by atoms with E-state index < -0.39 is 0 Å². The summed E-state index contributed by atoms with van der Waals surface area (Å²) < 4.78 is 15.0. The van der Waals surface area contributed by atoms with E-state index in [0.29, 0.717) is 17.6 Å². The fraction of sp³-hybridized carbons (Fsp3) is 0.700. The average molecular weight is 243 g/mol. The Kier molecular flexibility index (Phi) is 3.20. The van der Waals surface area contributed by atoms with Gasteiger partial charge in [-0.2, -0.15) is 4.37 Å². The number of nitrogens with two attached hydrogens (primary N) is 1. The minimum atomic E-state index is 0.226. The molecule has 0 aliphatic carbocycles. The molecule has 0 spiro atoms. The first-order valence-electron chi connectivity index (χ1n) is 5.30. The molecule has 0 aromatic carbocycles. The molecule has 2 N–H and O–H groups in total.